The lowest BCUT2D eigenvalue weighted by Crippen LogP contribution is -2.59. The molecule has 0 aromatic rings. The van der Waals surface area contributed by atoms with Gasteiger partial charge in [-0.25, -0.2) is 0 Å². The number of esters is 1. The van der Waals surface area contributed by atoms with Gasteiger partial charge in [0.25, 0.3) is 0 Å². The Hall–Kier alpha value is -0.940. The fourth-order valence-electron chi connectivity index (χ4n) is 7.98. The fourth-order valence-corrected chi connectivity index (χ4v) is 7.98. The van der Waals surface area contributed by atoms with Gasteiger partial charge in [-0.05, 0) is 55.3 Å². The average Bonchev–Trinajstić information content (AvgIpc) is 3.22. The van der Waals surface area contributed by atoms with E-state index in [0.717, 1.165) is 44.9 Å². The van der Waals surface area contributed by atoms with E-state index >= 15 is 0 Å². The molecule has 1 heterocycles. The summed E-state index contributed by atoms with van der Waals surface area (Å²) in [6, 6.07) is 0. The molecular weight excluding hydrogens is 356 g/mol. The highest BCUT2D eigenvalue weighted by atomic mass is 16.7. The van der Waals surface area contributed by atoms with Gasteiger partial charge in [-0.2, -0.15) is 0 Å². The minimum Gasteiger partial charge on any atom is -0.462 e. The number of carbonyl (C=O) groups excluding carboxylic acids is 2. The molecule has 4 aliphatic carbocycles. The van der Waals surface area contributed by atoms with Gasteiger partial charge in [0.1, 0.15) is 11.9 Å². The van der Waals surface area contributed by atoms with Crippen molar-refractivity contribution in [2.45, 2.75) is 84.0 Å². The highest BCUT2D eigenvalue weighted by molar-refractivity contribution is 5.83. The van der Waals surface area contributed by atoms with Crippen molar-refractivity contribution in [3.63, 3.8) is 0 Å². The van der Waals surface area contributed by atoms with E-state index in [-0.39, 0.29) is 28.8 Å². The molecular formula is C23H34O5. The molecule has 4 saturated carbocycles. The maximum absolute atomic E-state index is 13.5. The van der Waals surface area contributed by atoms with Crippen molar-refractivity contribution in [3.8, 4) is 0 Å². The first-order valence-electron chi connectivity index (χ1n) is 11.3. The zero-order valence-electron chi connectivity index (χ0n) is 17.5. The maximum Gasteiger partial charge on any atom is 0.302 e. The Morgan fingerprint density at radius 3 is 2.43 bits per heavy atom. The molecule has 0 N–H and O–H groups in total. The summed E-state index contributed by atoms with van der Waals surface area (Å²) >= 11 is 0. The molecule has 0 bridgehead atoms. The number of carbonyl (C=O) groups is 2. The van der Waals surface area contributed by atoms with E-state index in [4.69, 9.17) is 14.2 Å². The van der Waals surface area contributed by atoms with Crippen LogP contribution in [0.1, 0.15) is 72.1 Å². The lowest BCUT2D eigenvalue weighted by atomic mass is 9.44. The fraction of sp³-hybridized carbons (Fsp3) is 0.913. The van der Waals surface area contributed by atoms with Crippen molar-refractivity contribution >= 4 is 11.8 Å². The van der Waals surface area contributed by atoms with Crippen LogP contribution >= 0.6 is 0 Å². The summed E-state index contributed by atoms with van der Waals surface area (Å²) in [6.07, 6.45) is 7.60. The van der Waals surface area contributed by atoms with E-state index in [0.29, 0.717) is 43.2 Å². The van der Waals surface area contributed by atoms with Crippen LogP contribution in [0.5, 0.6) is 0 Å². The third kappa shape index (κ3) is 2.57. The van der Waals surface area contributed by atoms with Crippen molar-refractivity contribution in [2.75, 3.05) is 13.2 Å². The van der Waals surface area contributed by atoms with E-state index < -0.39 is 5.79 Å². The van der Waals surface area contributed by atoms with Crippen LogP contribution < -0.4 is 0 Å². The van der Waals surface area contributed by atoms with Crippen LogP contribution in [0.3, 0.4) is 0 Å². The summed E-state index contributed by atoms with van der Waals surface area (Å²) in [5.74, 6) is 1.14. The van der Waals surface area contributed by atoms with Crippen LogP contribution in [0.4, 0.5) is 0 Å². The summed E-state index contributed by atoms with van der Waals surface area (Å²) in [4.78, 5) is 25.1. The minimum absolute atomic E-state index is 0.0239. The predicted octanol–water partition coefficient (Wildman–Crippen LogP) is 3.88. The molecule has 5 nitrogen and oxygen atoms in total. The third-order valence-corrected chi connectivity index (χ3v) is 9.51. The second kappa shape index (κ2) is 6.28. The molecule has 28 heavy (non-hydrogen) atoms. The normalized spacial score (nSPS) is 49.4. The number of hydrogen-bond donors (Lipinski definition) is 0. The van der Waals surface area contributed by atoms with Crippen molar-refractivity contribution < 1.29 is 23.8 Å². The van der Waals surface area contributed by atoms with Gasteiger partial charge in [-0.1, -0.05) is 13.8 Å². The molecule has 0 amide bonds. The van der Waals surface area contributed by atoms with Crippen molar-refractivity contribution in [1.29, 1.82) is 0 Å². The molecule has 0 unspecified atom stereocenters. The molecule has 7 atom stereocenters. The zero-order chi connectivity index (χ0) is 19.7. The van der Waals surface area contributed by atoms with Crippen molar-refractivity contribution in [2.24, 2.45) is 34.5 Å². The summed E-state index contributed by atoms with van der Waals surface area (Å²) in [5.41, 5.74) is 0.152. The highest BCUT2D eigenvalue weighted by Gasteiger charge is 2.65. The van der Waals surface area contributed by atoms with Gasteiger partial charge >= 0.3 is 5.97 Å². The standard InChI is InChI=1S/C23H34O5/c1-14(24)28-19-5-4-16-20-17(6-7-22(16,19)3)21(2)8-9-23(26-10-11-27-23)13-15(21)12-18(20)25/h15-17,19-20H,4-13H2,1-3H3/t15-,16-,17-,19-,20-,21-,22-/m0/s1. The summed E-state index contributed by atoms with van der Waals surface area (Å²) in [7, 11) is 0. The number of Topliss-reactive ketones (excluding diaryl/α,β-unsaturated/α-hetero) is 1. The largest absolute Gasteiger partial charge is 0.462 e. The second-order valence-electron chi connectivity index (χ2n) is 10.6. The Bertz CT molecular complexity index is 682. The molecule has 1 saturated heterocycles. The van der Waals surface area contributed by atoms with Crippen LogP contribution in [-0.4, -0.2) is 36.9 Å². The number of hydrogen-bond acceptors (Lipinski definition) is 5. The topological polar surface area (TPSA) is 61.8 Å². The van der Waals surface area contributed by atoms with Crippen LogP contribution in [0, 0.1) is 34.5 Å². The Balaban J connectivity index is 1.42. The molecule has 0 radical (unpaired) electrons. The molecule has 5 rings (SSSR count). The molecule has 5 heteroatoms. The molecule has 156 valence electrons. The Labute approximate surface area is 167 Å². The lowest BCUT2D eigenvalue weighted by Gasteiger charge is -2.60. The first-order chi connectivity index (χ1) is 13.3. The molecule has 5 aliphatic rings. The molecule has 0 aromatic carbocycles. The summed E-state index contributed by atoms with van der Waals surface area (Å²) < 4.78 is 17.7. The van der Waals surface area contributed by atoms with Crippen LogP contribution in [-0.2, 0) is 23.8 Å². The van der Waals surface area contributed by atoms with E-state index in [1.165, 1.54) is 6.92 Å². The lowest BCUT2D eigenvalue weighted by molar-refractivity contribution is -0.227. The maximum atomic E-state index is 13.5. The quantitative estimate of drug-likeness (QED) is 0.636. The van der Waals surface area contributed by atoms with Crippen LogP contribution in [0.2, 0.25) is 0 Å². The van der Waals surface area contributed by atoms with Crippen LogP contribution in [0.15, 0.2) is 0 Å². The first-order valence-corrected chi connectivity index (χ1v) is 11.3. The number of rotatable bonds is 1. The SMILES string of the molecule is CC(=O)O[C@H]1CC[C@H]2[C@@H]3C(=O)C[C@H]4CC5(CC[C@]4(C)[C@H]3CC[C@]12C)OCCO5. The summed E-state index contributed by atoms with van der Waals surface area (Å²) in [6.45, 7) is 7.57. The third-order valence-electron chi connectivity index (χ3n) is 9.51. The number of ketones is 1. The molecule has 1 spiro atoms. The highest BCUT2D eigenvalue weighted by Crippen LogP contribution is 2.66. The number of fused-ring (bicyclic) bond motifs is 5. The average molecular weight is 391 g/mol. The van der Waals surface area contributed by atoms with Gasteiger partial charge in [0.05, 0.1) is 13.2 Å². The zero-order valence-corrected chi connectivity index (χ0v) is 17.5. The van der Waals surface area contributed by atoms with Gasteiger partial charge in [-0.15, -0.1) is 0 Å². The van der Waals surface area contributed by atoms with Gasteiger partial charge in [0.15, 0.2) is 5.79 Å². The Kier molecular flexibility index (Phi) is 4.27. The smallest absolute Gasteiger partial charge is 0.302 e. The number of ether oxygens (including phenoxy) is 3. The van der Waals surface area contributed by atoms with E-state index in [1.807, 2.05) is 0 Å². The van der Waals surface area contributed by atoms with Gasteiger partial charge in [0.2, 0.25) is 0 Å². The Morgan fingerprint density at radius 1 is 1.00 bits per heavy atom. The van der Waals surface area contributed by atoms with Crippen LogP contribution in [0.25, 0.3) is 0 Å². The van der Waals surface area contributed by atoms with Crippen molar-refractivity contribution in [3.05, 3.63) is 0 Å². The minimum atomic E-state index is -0.422. The predicted molar refractivity (Wildman–Crippen MR) is 102 cm³/mol. The molecule has 1 aliphatic heterocycles. The van der Waals surface area contributed by atoms with Crippen molar-refractivity contribution in [1.82, 2.24) is 0 Å². The van der Waals surface area contributed by atoms with E-state index in [1.54, 1.807) is 0 Å². The molecule has 5 fully saturated rings. The van der Waals surface area contributed by atoms with Gasteiger partial charge in [0, 0.05) is 37.5 Å². The van der Waals surface area contributed by atoms with Gasteiger partial charge < -0.3 is 14.2 Å². The Morgan fingerprint density at radius 2 is 1.71 bits per heavy atom. The molecule has 0 aromatic heterocycles. The van der Waals surface area contributed by atoms with E-state index in [9.17, 15) is 9.59 Å². The monoisotopic (exact) mass is 390 g/mol. The van der Waals surface area contributed by atoms with Gasteiger partial charge in [-0.3, -0.25) is 9.59 Å². The second-order valence-corrected chi connectivity index (χ2v) is 10.6. The summed E-state index contributed by atoms with van der Waals surface area (Å²) in [5, 5.41) is 0. The van der Waals surface area contributed by atoms with E-state index in [2.05, 4.69) is 13.8 Å². The first kappa shape index (κ1) is 19.0.